The average molecular weight is 584 g/mol. The van der Waals surface area contributed by atoms with Crippen molar-refractivity contribution in [2.45, 2.75) is 38.0 Å². The Morgan fingerprint density at radius 3 is 2.36 bits per heavy atom. The average Bonchev–Trinajstić information content (AvgIpc) is 3.55. The minimum atomic E-state index is -0.676. The second-order valence-electron chi connectivity index (χ2n) is 10.9. The molecule has 1 fully saturated rings. The molecular formula is C32H34ClN7O2. The number of carbonyl (C=O) groups excluding carboxylic acids is 2. The molecule has 0 unspecified atom stereocenters. The molecule has 2 aliphatic heterocycles. The van der Waals surface area contributed by atoms with Crippen molar-refractivity contribution in [2.75, 3.05) is 31.1 Å². The molecule has 1 aromatic heterocycles. The first-order valence-corrected chi connectivity index (χ1v) is 14.7. The molecule has 2 amide bonds. The van der Waals surface area contributed by atoms with E-state index in [-0.39, 0.29) is 17.9 Å². The molecule has 9 nitrogen and oxygen atoms in total. The first-order valence-electron chi connectivity index (χ1n) is 14.3. The highest BCUT2D eigenvalue weighted by Gasteiger charge is 2.32. The number of nitrogens with one attached hydrogen (secondary N) is 2. The van der Waals surface area contributed by atoms with Gasteiger partial charge in [-0.1, -0.05) is 66.2 Å². The van der Waals surface area contributed by atoms with Crippen molar-refractivity contribution in [3.8, 4) is 0 Å². The Hall–Kier alpha value is -4.21. The third-order valence-electron chi connectivity index (χ3n) is 8.11. The molecule has 10 heteroatoms. The predicted molar refractivity (Wildman–Crippen MR) is 162 cm³/mol. The minimum absolute atomic E-state index is 0.0630. The Bertz CT molecular complexity index is 1520. The SMILES string of the molecule is O=C(N[C@H](Cc1ccc(Cl)cc1)C(=O)N1CCN(c2ccccc2Cn2cnnc2)CC1)[C@H]1Cc2ccccc2CN1. The molecule has 3 aromatic carbocycles. The fourth-order valence-corrected chi connectivity index (χ4v) is 5.94. The second-order valence-corrected chi connectivity index (χ2v) is 11.3. The maximum atomic E-state index is 13.9. The van der Waals surface area contributed by atoms with Crippen LogP contribution in [0.4, 0.5) is 5.69 Å². The summed E-state index contributed by atoms with van der Waals surface area (Å²) in [5, 5.41) is 14.9. The Labute approximate surface area is 250 Å². The Morgan fingerprint density at radius 1 is 0.905 bits per heavy atom. The molecule has 4 aromatic rings. The Balaban J connectivity index is 1.14. The van der Waals surface area contributed by atoms with Gasteiger partial charge in [0.1, 0.15) is 18.7 Å². The molecule has 0 aliphatic carbocycles. The van der Waals surface area contributed by atoms with Gasteiger partial charge in [-0.3, -0.25) is 9.59 Å². The van der Waals surface area contributed by atoms with E-state index in [2.05, 4.69) is 50.0 Å². The van der Waals surface area contributed by atoms with Crippen molar-refractivity contribution in [2.24, 2.45) is 0 Å². The molecule has 0 bridgehead atoms. The summed E-state index contributed by atoms with van der Waals surface area (Å²) < 4.78 is 1.95. The summed E-state index contributed by atoms with van der Waals surface area (Å²) in [6, 6.07) is 22.9. The lowest BCUT2D eigenvalue weighted by atomic mass is 9.95. The summed E-state index contributed by atoms with van der Waals surface area (Å²) in [6.07, 6.45) is 4.42. The van der Waals surface area contributed by atoms with Gasteiger partial charge in [0, 0.05) is 49.9 Å². The van der Waals surface area contributed by atoms with Crippen LogP contribution >= 0.6 is 11.6 Å². The highest BCUT2D eigenvalue weighted by atomic mass is 35.5. The number of nitrogens with zero attached hydrogens (tertiary/aromatic N) is 5. The van der Waals surface area contributed by atoms with Gasteiger partial charge in [-0.15, -0.1) is 10.2 Å². The predicted octanol–water partition coefficient (Wildman–Crippen LogP) is 3.07. The maximum Gasteiger partial charge on any atom is 0.245 e. The van der Waals surface area contributed by atoms with E-state index >= 15 is 0 Å². The van der Waals surface area contributed by atoms with Gasteiger partial charge in [-0.05, 0) is 46.9 Å². The van der Waals surface area contributed by atoms with E-state index < -0.39 is 6.04 Å². The van der Waals surface area contributed by atoms with Crippen LogP contribution in [0.15, 0.2) is 85.5 Å². The first kappa shape index (κ1) is 27.9. The number of para-hydroxylation sites is 1. The van der Waals surface area contributed by atoms with E-state index in [0.717, 1.165) is 16.8 Å². The number of piperazine rings is 1. The van der Waals surface area contributed by atoms with Gasteiger partial charge in [0.25, 0.3) is 0 Å². The van der Waals surface area contributed by atoms with Gasteiger partial charge in [0.05, 0.1) is 12.6 Å². The molecule has 6 rings (SSSR count). The lowest BCUT2D eigenvalue weighted by Gasteiger charge is -2.38. The largest absolute Gasteiger partial charge is 0.368 e. The second kappa shape index (κ2) is 12.8. The highest BCUT2D eigenvalue weighted by Crippen LogP contribution is 2.24. The first-order chi connectivity index (χ1) is 20.5. The molecule has 3 heterocycles. The number of hydrogen-bond donors (Lipinski definition) is 2. The number of hydrogen-bond acceptors (Lipinski definition) is 6. The molecule has 0 spiro atoms. The topological polar surface area (TPSA) is 95.4 Å². The van der Waals surface area contributed by atoms with Gasteiger partial charge in [0.2, 0.25) is 11.8 Å². The van der Waals surface area contributed by atoms with Crippen LogP contribution in [0.5, 0.6) is 0 Å². The molecular weight excluding hydrogens is 550 g/mol. The molecule has 2 atom stereocenters. The summed E-state index contributed by atoms with van der Waals surface area (Å²) in [5.41, 5.74) is 5.63. The number of fused-ring (bicyclic) bond motifs is 1. The monoisotopic (exact) mass is 583 g/mol. The van der Waals surface area contributed by atoms with Gasteiger partial charge >= 0.3 is 0 Å². The summed E-state index contributed by atoms with van der Waals surface area (Å²) in [4.78, 5) is 31.6. The van der Waals surface area contributed by atoms with Gasteiger partial charge in [-0.2, -0.15) is 0 Å². The van der Waals surface area contributed by atoms with Crippen LogP contribution < -0.4 is 15.5 Å². The van der Waals surface area contributed by atoms with Crippen molar-refractivity contribution in [3.63, 3.8) is 0 Å². The number of benzene rings is 3. The lowest BCUT2D eigenvalue weighted by molar-refractivity contribution is -0.137. The molecule has 0 saturated carbocycles. The number of carbonyl (C=O) groups is 2. The van der Waals surface area contributed by atoms with Gasteiger partial charge < -0.3 is 25.0 Å². The van der Waals surface area contributed by atoms with Crippen LogP contribution in [0.1, 0.15) is 22.3 Å². The van der Waals surface area contributed by atoms with Crippen LogP contribution in [-0.4, -0.2) is 69.7 Å². The standard InChI is InChI=1S/C32H34ClN7O2/c33-27-11-9-23(10-12-27)17-29(37-31(41)28-18-24-5-1-2-6-25(24)19-34-28)32(42)40-15-13-39(14-16-40)30-8-4-3-7-26(30)20-38-21-35-36-22-38/h1-12,21-22,28-29,34H,13-20H2,(H,37,41)/t28-,29-/m1/s1. The van der Waals surface area contributed by atoms with Crippen LogP contribution in [0, 0.1) is 0 Å². The van der Waals surface area contributed by atoms with E-state index in [1.807, 2.05) is 58.0 Å². The number of amides is 2. The van der Waals surface area contributed by atoms with Crippen LogP contribution in [0.2, 0.25) is 5.02 Å². The van der Waals surface area contributed by atoms with Crippen molar-refractivity contribution in [3.05, 3.63) is 113 Å². The zero-order valence-corrected chi connectivity index (χ0v) is 24.1. The third-order valence-corrected chi connectivity index (χ3v) is 8.36. The van der Waals surface area contributed by atoms with Crippen LogP contribution in [0.3, 0.4) is 0 Å². The zero-order valence-electron chi connectivity index (χ0n) is 23.3. The lowest BCUT2D eigenvalue weighted by Crippen LogP contribution is -2.58. The fraction of sp³-hybridized carbons (Fsp3) is 0.312. The fourth-order valence-electron chi connectivity index (χ4n) is 5.81. The van der Waals surface area contributed by atoms with Crippen LogP contribution in [-0.2, 0) is 35.5 Å². The molecule has 42 heavy (non-hydrogen) atoms. The zero-order chi connectivity index (χ0) is 28.9. The smallest absolute Gasteiger partial charge is 0.245 e. The van der Waals surface area contributed by atoms with Gasteiger partial charge in [0.15, 0.2) is 0 Å². The summed E-state index contributed by atoms with van der Waals surface area (Å²) in [6.45, 7) is 3.85. The summed E-state index contributed by atoms with van der Waals surface area (Å²) in [5.74, 6) is -0.217. The Kier molecular flexibility index (Phi) is 8.48. The quantitative estimate of drug-likeness (QED) is 0.331. The van der Waals surface area contributed by atoms with E-state index in [1.165, 1.54) is 11.1 Å². The minimum Gasteiger partial charge on any atom is -0.368 e. The normalized spacial score (nSPS) is 17.4. The molecule has 216 valence electrons. The number of aromatic nitrogens is 3. The summed E-state index contributed by atoms with van der Waals surface area (Å²) in [7, 11) is 0. The van der Waals surface area contributed by atoms with Crippen molar-refractivity contribution in [1.82, 2.24) is 30.3 Å². The Morgan fingerprint density at radius 2 is 1.60 bits per heavy atom. The van der Waals surface area contributed by atoms with Crippen molar-refractivity contribution < 1.29 is 9.59 Å². The molecule has 1 saturated heterocycles. The summed E-state index contributed by atoms with van der Waals surface area (Å²) >= 11 is 6.11. The number of rotatable bonds is 8. The van der Waals surface area contributed by atoms with E-state index in [4.69, 9.17) is 11.6 Å². The molecule has 2 aliphatic rings. The number of halogens is 1. The highest BCUT2D eigenvalue weighted by molar-refractivity contribution is 6.30. The van der Waals surface area contributed by atoms with Crippen molar-refractivity contribution >= 4 is 29.1 Å². The van der Waals surface area contributed by atoms with E-state index in [9.17, 15) is 9.59 Å². The van der Waals surface area contributed by atoms with E-state index in [1.54, 1.807) is 12.7 Å². The maximum absolute atomic E-state index is 13.9. The van der Waals surface area contributed by atoms with Gasteiger partial charge in [-0.25, -0.2) is 0 Å². The number of anilines is 1. The molecule has 2 N–H and O–H groups in total. The van der Waals surface area contributed by atoms with E-state index in [0.29, 0.717) is 57.1 Å². The van der Waals surface area contributed by atoms with Crippen molar-refractivity contribution in [1.29, 1.82) is 0 Å². The van der Waals surface area contributed by atoms with Crippen LogP contribution in [0.25, 0.3) is 0 Å². The third kappa shape index (κ3) is 6.48. The molecule has 0 radical (unpaired) electrons.